The predicted molar refractivity (Wildman–Crippen MR) is 71.1 cm³/mol. The number of likely N-dealkylation sites (N-methyl/N-ethyl adjacent to an activating group) is 1. The normalized spacial score (nSPS) is 11.8. The number of carbonyl (C=O) groups is 1. The van der Waals surface area contributed by atoms with E-state index in [1.807, 2.05) is 6.92 Å². The Morgan fingerprint density at radius 2 is 2.05 bits per heavy atom. The van der Waals surface area contributed by atoms with Crippen molar-refractivity contribution < 1.29 is 13.2 Å². The van der Waals surface area contributed by atoms with Gasteiger partial charge in [0.1, 0.15) is 4.90 Å². The highest BCUT2D eigenvalue weighted by molar-refractivity contribution is 7.89. The highest BCUT2D eigenvalue weighted by Crippen LogP contribution is 2.17. The second-order valence-corrected chi connectivity index (χ2v) is 6.39. The Bertz CT molecular complexity index is 536. The van der Waals surface area contributed by atoms with Crippen LogP contribution in [0.4, 0.5) is 0 Å². The third-order valence-corrected chi connectivity index (χ3v) is 4.64. The Morgan fingerprint density at radius 1 is 1.42 bits per heavy atom. The molecule has 0 aliphatic heterocycles. The Labute approximate surface area is 113 Å². The van der Waals surface area contributed by atoms with E-state index in [4.69, 9.17) is 0 Å². The van der Waals surface area contributed by atoms with Crippen LogP contribution in [0.15, 0.2) is 11.1 Å². The summed E-state index contributed by atoms with van der Waals surface area (Å²) in [6.07, 6.45) is 1.91. The molecule has 0 unspecified atom stereocenters. The lowest BCUT2D eigenvalue weighted by molar-refractivity contribution is -0.128. The second kappa shape index (κ2) is 6.16. The predicted octanol–water partition coefficient (Wildman–Crippen LogP) is 0.207. The van der Waals surface area contributed by atoms with E-state index in [-0.39, 0.29) is 17.3 Å². The Hall–Kier alpha value is -1.41. The number of amides is 1. The molecular formula is C11H20N4O3S. The number of aryl methyl sites for hydroxylation is 1. The summed E-state index contributed by atoms with van der Waals surface area (Å²) in [6.45, 7) is 3.64. The van der Waals surface area contributed by atoms with E-state index in [1.54, 1.807) is 21.0 Å². The van der Waals surface area contributed by atoms with Crippen molar-refractivity contribution in [2.75, 3.05) is 27.2 Å². The van der Waals surface area contributed by atoms with Crippen LogP contribution in [0.1, 0.15) is 19.0 Å². The number of sulfonamides is 1. The second-order valence-electron chi connectivity index (χ2n) is 4.49. The average molecular weight is 288 g/mol. The molecule has 0 aliphatic carbocycles. The molecule has 7 nitrogen and oxygen atoms in total. The first kappa shape index (κ1) is 15.6. The maximum Gasteiger partial charge on any atom is 0.246 e. The molecule has 0 bridgehead atoms. The maximum atomic E-state index is 12.5. The van der Waals surface area contributed by atoms with Crippen LogP contribution in [-0.4, -0.2) is 60.9 Å². The number of aromatic nitrogens is 2. The van der Waals surface area contributed by atoms with Crippen LogP contribution in [0.3, 0.4) is 0 Å². The fourth-order valence-corrected chi connectivity index (χ4v) is 3.16. The number of H-pyrrole nitrogens is 1. The number of hydrogen-bond acceptors (Lipinski definition) is 4. The fourth-order valence-electron chi connectivity index (χ4n) is 1.56. The topological polar surface area (TPSA) is 86.4 Å². The van der Waals surface area contributed by atoms with Crippen molar-refractivity contribution >= 4 is 15.9 Å². The van der Waals surface area contributed by atoms with Crippen LogP contribution in [0.2, 0.25) is 0 Å². The molecule has 1 aromatic heterocycles. The molecule has 0 saturated carbocycles. The number of aromatic amines is 1. The van der Waals surface area contributed by atoms with E-state index in [2.05, 4.69) is 10.2 Å². The van der Waals surface area contributed by atoms with Crippen LogP contribution >= 0.6 is 0 Å². The molecule has 0 atom stereocenters. The van der Waals surface area contributed by atoms with Gasteiger partial charge in [0.05, 0.1) is 18.4 Å². The zero-order valence-corrected chi connectivity index (χ0v) is 12.5. The van der Waals surface area contributed by atoms with Crippen LogP contribution in [0.25, 0.3) is 0 Å². The molecule has 0 saturated heterocycles. The van der Waals surface area contributed by atoms with Crippen LogP contribution in [0.5, 0.6) is 0 Å². The smallest absolute Gasteiger partial charge is 0.246 e. The van der Waals surface area contributed by atoms with Crippen molar-refractivity contribution in [2.45, 2.75) is 25.2 Å². The molecule has 0 aliphatic rings. The van der Waals surface area contributed by atoms with E-state index in [0.717, 1.165) is 0 Å². The van der Waals surface area contributed by atoms with Gasteiger partial charge in [0.2, 0.25) is 15.9 Å². The Kier molecular flexibility index (Phi) is 5.07. The van der Waals surface area contributed by atoms with Crippen molar-refractivity contribution in [1.82, 2.24) is 19.4 Å². The molecule has 1 amide bonds. The lowest BCUT2D eigenvalue weighted by Crippen LogP contribution is -2.40. The first-order valence-corrected chi connectivity index (χ1v) is 7.45. The van der Waals surface area contributed by atoms with Crippen molar-refractivity contribution in [3.8, 4) is 0 Å². The number of nitrogens with zero attached hydrogens (tertiary/aromatic N) is 3. The molecule has 0 spiro atoms. The van der Waals surface area contributed by atoms with E-state index >= 15 is 0 Å². The quantitative estimate of drug-likeness (QED) is 0.810. The Balaban J connectivity index is 3.05. The minimum atomic E-state index is -3.69. The van der Waals surface area contributed by atoms with Crippen LogP contribution in [-0.2, 0) is 14.8 Å². The molecule has 0 radical (unpaired) electrons. The largest absolute Gasteiger partial charge is 0.348 e. The molecule has 108 valence electrons. The first-order valence-electron chi connectivity index (χ1n) is 6.01. The average Bonchev–Trinajstić information content (AvgIpc) is 2.75. The van der Waals surface area contributed by atoms with Gasteiger partial charge in [-0.05, 0) is 13.3 Å². The van der Waals surface area contributed by atoms with Gasteiger partial charge in [0.15, 0.2) is 0 Å². The summed E-state index contributed by atoms with van der Waals surface area (Å²) in [5.74, 6) is -0.252. The van der Waals surface area contributed by atoms with Gasteiger partial charge in [-0.25, -0.2) is 8.42 Å². The zero-order chi connectivity index (χ0) is 14.6. The molecule has 1 aromatic rings. The third-order valence-electron chi connectivity index (χ3n) is 2.68. The van der Waals surface area contributed by atoms with Crippen molar-refractivity contribution in [2.24, 2.45) is 0 Å². The fraction of sp³-hybridized carbons (Fsp3) is 0.636. The van der Waals surface area contributed by atoms with Crippen LogP contribution in [0, 0.1) is 6.92 Å². The van der Waals surface area contributed by atoms with Gasteiger partial charge in [0.25, 0.3) is 0 Å². The van der Waals surface area contributed by atoms with Crippen molar-refractivity contribution in [3.05, 3.63) is 11.9 Å². The first-order chi connectivity index (χ1) is 8.80. The molecule has 1 rings (SSSR count). The standard InChI is InChI=1S/C11H20N4O3S/c1-5-6-15(8-11(16)14(3)4)19(17,18)10-7-12-13-9(10)2/h7H,5-6,8H2,1-4H3,(H,12,13). The van der Waals surface area contributed by atoms with Gasteiger partial charge >= 0.3 is 0 Å². The maximum absolute atomic E-state index is 12.5. The highest BCUT2D eigenvalue weighted by atomic mass is 32.2. The number of nitrogens with one attached hydrogen (secondary N) is 1. The molecule has 1 heterocycles. The summed E-state index contributed by atoms with van der Waals surface area (Å²) >= 11 is 0. The lowest BCUT2D eigenvalue weighted by Gasteiger charge is -2.22. The minimum absolute atomic E-state index is 0.118. The molecule has 8 heteroatoms. The van der Waals surface area contributed by atoms with Gasteiger partial charge in [-0.1, -0.05) is 6.92 Å². The minimum Gasteiger partial charge on any atom is -0.348 e. The van der Waals surface area contributed by atoms with Gasteiger partial charge in [-0.3, -0.25) is 9.89 Å². The third kappa shape index (κ3) is 3.54. The Morgan fingerprint density at radius 3 is 2.47 bits per heavy atom. The molecule has 1 N–H and O–H groups in total. The molecule has 19 heavy (non-hydrogen) atoms. The van der Waals surface area contributed by atoms with Gasteiger partial charge in [-0.2, -0.15) is 9.40 Å². The van der Waals surface area contributed by atoms with Gasteiger partial charge in [0, 0.05) is 20.6 Å². The van der Waals surface area contributed by atoms with Gasteiger partial charge < -0.3 is 4.90 Å². The summed E-state index contributed by atoms with van der Waals surface area (Å²) in [7, 11) is -0.488. The van der Waals surface area contributed by atoms with Crippen molar-refractivity contribution in [1.29, 1.82) is 0 Å². The number of carbonyl (C=O) groups excluding carboxylic acids is 1. The molecular weight excluding hydrogens is 268 g/mol. The number of rotatable bonds is 6. The van der Waals surface area contributed by atoms with E-state index in [9.17, 15) is 13.2 Å². The number of hydrogen-bond donors (Lipinski definition) is 1. The molecule has 0 fully saturated rings. The summed E-state index contributed by atoms with van der Waals surface area (Å²) < 4.78 is 26.1. The van der Waals surface area contributed by atoms with E-state index in [1.165, 1.54) is 15.4 Å². The highest BCUT2D eigenvalue weighted by Gasteiger charge is 2.28. The van der Waals surface area contributed by atoms with E-state index in [0.29, 0.717) is 18.7 Å². The summed E-state index contributed by atoms with van der Waals surface area (Å²) in [5.41, 5.74) is 0.471. The summed E-state index contributed by atoms with van der Waals surface area (Å²) in [6, 6.07) is 0. The van der Waals surface area contributed by atoms with Crippen molar-refractivity contribution in [3.63, 3.8) is 0 Å². The SMILES string of the molecule is CCCN(CC(=O)N(C)C)S(=O)(=O)c1cn[nH]c1C. The summed E-state index contributed by atoms with van der Waals surface area (Å²) in [5, 5.41) is 6.32. The van der Waals surface area contributed by atoms with Gasteiger partial charge in [-0.15, -0.1) is 0 Å². The summed E-state index contributed by atoms with van der Waals surface area (Å²) in [4.78, 5) is 13.2. The lowest BCUT2D eigenvalue weighted by atomic mass is 10.4. The van der Waals surface area contributed by atoms with E-state index < -0.39 is 10.0 Å². The zero-order valence-electron chi connectivity index (χ0n) is 11.7. The molecule has 0 aromatic carbocycles. The monoisotopic (exact) mass is 288 g/mol. The van der Waals surface area contributed by atoms with Crippen LogP contribution < -0.4 is 0 Å².